The Bertz CT molecular complexity index is 969. The molecule has 0 N–H and O–H groups in total. The van der Waals surface area contributed by atoms with Crippen molar-refractivity contribution in [3.8, 4) is 0 Å². The molecule has 2 saturated heterocycles. The number of rotatable bonds is 7. The molecule has 0 spiro atoms. The van der Waals surface area contributed by atoms with Gasteiger partial charge in [0.2, 0.25) is 5.91 Å². The lowest BCUT2D eigenvalue weighted by Crippen LogP contribution is -2.45. The minimum atomic E-state index is -3.63. The highest BCUT2D eigenvalue weighted by molar-refractivity contribution is 7.89. The number of sulfonamides is 1. The second kappa shape index (κ2) is 9.40. The van der Waals surface area contributed by atoms with Crippen LogP contribution in [0.1, 0.15) is 36.4 Å². The fourth-order valence-corrected chi connectivity index (χ4v) is 6.46. The number of thiophene rings is 1. The third-order valence-electron chi connectivity index (χ3n) is 6.18. The molecule has 0 aromatic carbocycles. The largest absolute Gasteiger partial charge is 0.376 e. The number of aromatic nitrogens is 2. The first-order valence-corrected chi connectivity index (χ1v) is 13.1. The van der Waals surface area contributed by atoms with Crippen LogP contribution in [0, 0.1) is 12.8 Å². The molecule has 2 aliphatic rings. The normalized spacial score (nSPS) is 20.9. The summed E-state index contributed by atoms with van der Waals surface area (Å²) in [5, 5.41) is 2.10. The first-order chi connectivity index (χ1) is 14.8. The van der Waals surface area contributed by atoms with Gasteiger partial charge in [-0.2, -0.15) is 4.31 Å². The van der Waals surface area contributed by atoms with E-state index in [4.69, 9.17) is 4.74 Å². The molecule has 2 aromatic rings. The lowest BCUT2D eigenvalue weighted by atomic mass is 9.96. The molecule has 0 saturated carbocycles. The SMILES string of the molecule is Cc1nc(S(=O)(=O)N2CCC(C(=O)N(Cc3cccs3)CC3CCCO3)CC2)cn1C. The van der Waals surface area contributed by atoms with Gasteiger partial charge in [-0.05, 0) is 44.1 Å². The lowest BCUT2D eigenvalue weighted by molar-refractivity contribution is -0.139. The molecule has 4 rings (SSSR count). The molecular formula is C21H30N4O4S2. The zero-order valence-electron chi connectivity index (χ0n) is 18.1. The van der Waals surface area contributed by atoms with Crippen molar-refractivity contribution in [2.45, 2.75) is 50.3 Å². The summed E-state index contributed by atoms with van der Waals surface area (Å²) in [5.41, 5.74) is 0. The van der Waals surface area contributed by atoms with Gasteiger partial charge in [-0.15, -0.1) is 11.3 Å². The fraction of sp³-hybridized carbons (Fsp3) is 0.619. The second-order valence-corrected chi connectivity index (χ2v) is 11.3. The number of amides is 1. The Balaban J connectivity index is 1.41. The summed E-state index contributed by atoms with van der Waals surface area (Å²) < 4.78 is 34.8. The van der Waals surface area contributed by atoms with Gasteiger partial charge in [0.05, 0.1) is 12.6 Å². The van der Waals surface area contributed by atoms with Crippen molar-refractivity contribution < 1.29 is 17.9 Å². The average Bonchev–Trinajstić information content (AvgIpc) is 3.51. The van der Waals surface area contributed by atoms with Gasteiger partial charge in [0.1, 0.15) is 5.82 Å². The summed E-state index contributed by atoms with van der Waals surface area (Å²) in [5.74, 6) is 0.593. The van der Waals surface area contributed by atoms with Crippen LogP contribution in [-0.2, 0) is 33.1 Å². The van der Waals surface area contributed by atoms with Gasteiger partial charge < -0.3 is 14.2 Å². The summed E-state index contributed by atoms with van der Waals surface area (Å²) in [6.07, 6.45) is 4.71. The lowest BCUT2D eigenvalue weighted by Gasteiger charge is -2.34. The van der Waals surface area contributed by atoms with Gasteiger partial charge >= 0.3 is 0 Å². The van der Waals surface area contributed by atoms with E-state index in [0.717, 1.165) is 24.3 Å². The maximum Gasteiger partial charge on any atom is 0.262 e. The molecule has 2 aromatic heterocycles. The highest BCUT2D eigenvalue weighted by Crippen LogP contribution is 2.27. The van der Waals surface area contributed by atoms with Crippen LogP contribution in [0.4, 0.5) is 0 Å². The molecule has 10 heteroatoms. The minimum Gasteiger partial charge on any atom is -0.376 e. The second-order valence-electron chi connectivity index (χ2n) is 8.35. The zero-order valence-corrected chi connectivity index (χ0v) is 19.7. The number of hydrogen-bond acceptors (Lipinski definition) is 6. The molecule has 0 radical (unpaired) electrons. The third-order valence-corrected chi connectivity index (χ3v) is 8.81. The van der Waals surface area contributed by atoms with E-state index in [1.807, 2.05) is 22.4 Å². The predicted molar refractivity (Wildman–Crippen MR) is 118 cm³/mol. The molecule has 31 heavy (non-hydrogen) atoms. The molecule has 170 valence electrons. The number of hydrogen-bond donors (Lipinski definition) is 0. The van der Waals surface area contributed by atoms with Gasteiger partial charge in [0.25, 0.3) is 10.0 Å². The summed E-state index contributed by atoms with van der Waals surface area (Å²) >= 11 is 1.65. The van der Waals surface area contributed by atoms with E-state index in [1.54, 1.807) is 36.1 Å². The number of ether oxygens (including phenoxy) is 1. The number of aryl methyl sites for hydroxylation is 2. The fourth-order valence-electron chi connectivity index (χ4n) is 4.24. The Morgan fingerprint density at radius 1 is 1.32 bits per heavy atom. The van der Waals surface area contributed by atoms with Gasteiger partial charge in [0.15, 0.2) is 5.03 Å². The number of imidazole rings is 1. The van der Waals surface area contributed by atoms with E-state index >= 15 is 0 Å². The van der Waals surface area contributed by atoms with Crippen LogP contribution < -0.4 is 0 Å². The Kier molecular flexibility index (Phi) is 6.80. The van der Waals surface area contributed by atoms with E-state index in [-0.39, 0.29) is 23.0 Å². The smallest absolute Gasteiger partial charge is 0.262 e. The topological polar surface area (TPSA) is 84.7 Å². The standard InChI is InChI=1S/C21H30N4O4S2/c1-16-22-20(15-23(16)2)31(27,28)25-9-7-17(8-10-25)21(26)24(13-18-5-3-11-29-18)14-19-6-4-12-30-19/h4,6,12,15,17-18H,3,5,7-11,13-14H2,1-2H3. The van der Waals surface area contributed by atoms with Crippen LogP contribution in [-0.4, -0.2) is 65.4 Å². The Labute approximate surface area is 187 Å². The van der Waals surface area contributed by atoms with E-state index < -0.39 is 10.0 Å². The monoisotopic (exact) mass is 466 g/mol. The van der Waals surface area contributed by atoms with Crippen LogP contribution in [0.5, 0.6) is 0 Å². The molecular weight excluding hydrogens is 436 g/mol. The van der Waals surface area contributed by atoms with E-state index in [9.17, 15) is 13.2 Å². The van der Waals surface area contributed by atoms with Crippen molar-refractivity contribution in [2.24, 2.45) is 13.0 Å². The van der Waals surface area contributed by atoms with Crippen molar-refractivity contribution in [2.75, 3.05) is 26.2 Å². The zero-order chi connectivity index (χ0) is 22.0. The highest BCUT2D eigenvalue weighted by atomic mass is 32.2. The Morgan fingerprint density at radius 2 is 2.10 bits per heavy atom. The highest BCUT2D eigenvalue weighted by Gasteiger charge is 2.35. The maximum atomic E-state index is 13.4. The van der Waals surface area contributed by atoms with Crippen molar-refractivity contribution in [3.63, 3.8) is 0 Å². The van der Waals surface area contributed by atoms with Gasteiger partial charge in [0, 0.05) is 50.3 Å². The van der Waals surface area contributed by atoms with Crippen molar-refractivity contribution in [1.82, 2.24) is 18.8 Å². The van der Waals surface area contributed by atoms with Crippen LogP contribution in [0.25, 0.3) is 0 Å². The predicted octanol–water partition coefficient (Wildman–Crippen LogP) is 2.40. The van der Waals surface area contributed by atoms with E-state index in [1.165, 1.54) is 4.31 Å². The summed E-state index contributed by atoms with van der Waals surface area (Å²) in [6, 6.07) is 4.04. The van der Waals surface area contributed by atoms with Crippen LogP contribution in [0.3, 0.4) is 0 Å². The van der Waals surface area contributed by atoms with Crippen molar-refractivity contribution in [1.29, 1.82) is 0 Å². The summed E-state index contributed by atoms with van der Waals surface area (Å²) in [6.45, 7) is 4.39. The summed E-state index contributed by atoms with van der Waals surface area (Å²) in [4.78, 5) is 20.6. The van der Waals surface area contributed by atoms with Crippen LogP contribution in [0.15, 0.2) is 28.7 Å². The van der Waals surface area contributed by atoms with E-state index in [2.05, 4.69) is 4.98 Å². The first-order valence-electron chi connectivity index (χ1n) is 10.8. The molecule has 8 nitrogen and oxygen atoms in total. The number of nitrogens with zero attached hydrogens (tertiary/aromatic N) is 4. The molecule has 1 unspecified atom stereocenters. The average molecular weight is 467 g/mol. The molecule has 0 bridgehead atoms. The minimum absolute atomic E-state index is 0.0787. The number of piperidine rings is 1. The van der Waals surface area contributed by atoms with Gasteiger partial charge in [-0.1, -0.05) is 6.07 Å². The van der Waals surface area contributed by atoms with Crippen LogP contribution in [0.2, 0.25) is 0 Å². The Morgan fingerprint density at radius 3 is 2.68 bits per heavy atom. The quantitative estimate of drug-likeness (QED) is 0.626. The molecule has 2 aliphatic heterocycles. The van der Waals surface area contributed by atoms with Crippen molar-refractivity contribution >= 4 is 27.3 Å². The maximum absolute atomic E-state index is 13.4. The number of carbonyl (C=O) groups is 1. The molecule has 4 heterocycles. The van der Waals surface area contributed by atoms with Gasteiger partial charge in [-0.25, -0.2) is 13.4 Å². The molecule has 0 aliphatic carbocycles. The third kappa shape index (κ3) is 5.02. The first kappa shape index (κ1) is 22.4. The molecule has 1 atom stereocenters. The molecule has 2 fully saturated rings. The molecule has 1 amide bonds. The van der Waals surface area contributed by atoms with Crippen molar-refractivity contribution in [3.05, 3.63) is 34.4 Å². The van der Waals surface area contributed by atoms with Crippen LogP contribution >= 0.6 is 11.3 Å². The summed E-state index contributed by atoms with van der Waals surface area (Å²) in [7, 11) is -1.85. The Hall–Kier alpha value is -1.75. The van der Waals surface area contributed by atoms with Gasteiger partial charge in [-0.3, -0.25) is 4.79 Å². The van der Waals surface area contributed by atoms with E-state index in [0.29, 0.717) is 44.8 Å². The number of carbonyl (C=O) groups excluding carboxylic acids is 1.